The molecule has 2 fully saturated rings. The van der Waals surface area contributed by atoms with Crippen LogP contribution in [0.25, 0.3) is 0 Å². The SMILES string of the molecule is O=C(O)CCC1CCCN(CC2CCC(c3ccccc3)CC2)C1. The standard InChI is InChI=1S/C21H31NO2/c23-21(24)13-10-17-5-4-14-22(15-17)16-18-8-11-20(12-9-18)19-6-2-1-3-7-19/h1-3,6-7,17-18,20H,4-5,8-16H2,(H,23,24). The molecule has 2 aliphatic rings. The summed E-state index contributed by atoms with van der Waals surface area (Å²) in [4.78, 5) is 13.4. The van der Waals surface area contributed by atoms with Gasteiger partial charge in [0.2, 0.25) is 0 Å². The Labute approximate surface area is 146 Å². The number of nitrogens with zero attached hydrogens (tertiary/aromatic N) is 1. The van der Waals surface area contributed by atoms with Crippen LogP contribution in [0.2, 0.25) is 0 Å². The topological polar surface area (TPSA) is 40.5 Å². The quantitative estimate of drug-likeness (QED) is 0.833. The molecule has 1 aromatic rings. The Morgan fingerprint density at radius 1 is 1.04 bits per heavy atom. The third kappa shape index (κ3) is 5.07. The minimum absolute atomic E-state index is 0.334. The molecule has 1 aromatic carbocycles. The van der Waals surface area contributed by atoms with Crippen molar-refractivity contribution in [3.8, 4) is 0 Å². The molecule has 1 atom stereocenters. The molecule has 1 heterocycles. The van der Waals surface area contributed by atoms with Gasteiger partial charge < -0.3 is 10.0 Å². The summed E-state index contributed by atoms with van der Waals surface area (Å²) in [7, 11) is 0. The molecule has 3 nitrogen and oxygen atoms in total. The molecule has 0 radical (unpaired) electrons. The Kier molecular flexibility index (Phi) is 6.30. The van der Waals surface area contributed by atoms with E-state index >= 15 is 0 Å². The summed E-state index contributed by atoms with van der Waals surface area (Å²) >= 11 is 0. The van der Waals surface area contributed by atoms with Gasteiger partial charge in [0, 0.05) is 19.5 Å². The minimum atomic E-state index is -0.647. The highest BCUT2D eigenvalue weighted by molar-refractivity contribution is 5.66. The highest BCUT2D eigenvalue weighted by Gasteiger charge is 2.26. The molecule has 0 bridgehead atoms. The van der Waals surface area contributed by atoms with E-state index in [-0.39, 0.29) is 0 Å². The number of hydrogen-bond acceptors (Lipinski definition) is 2. The lowest BCUT2D eigenvalue weighted by Crippen LogP contribution is -2.39. The number of hydrogen-bond donors (Lipinski definition) is 1. The van der Waals surface area contributed by atoms with Crippen molar-refractivity contribution in [3.63, 3.8) is 0 Å². The zero-order valence-electron chi connectivity index (χ0n) is 14.7. The van der Waals surface area contributed by atoms with E-state index < -0.39 is 5.97 Å². The third-order valence-corrected chi connectivity index (χ3v) is 6.00. The fourth-order valence-corrected chi connectivity index (χ4v) is 4.65. The van der Waals surface area contributed by atoms with Crippen LogP contribution < -0.4 is 0 Å². The molecule has 1 saturated carbocycles. The van der Waals surface area contributed by atoms with E-state index in [1.54, 1.807) is 0 Å². The van der Waals surface area contributed by atoms with Crippen molar-refractivity contribution in [2.45, 2.75) is 57.3 Å². The largest absolute Gasteiger partial charge is 0.481 e. The lowest BCUT2D eigenvalue weighted by molar-refractivity contribution is -0.137. The molecule has 0 spiro atoms. The van der Waals surface area contributed by atoms with Crippen molar-refractivity contribution < 1.29 is 9.90 Å². The average molecular weight is 329 g/mol. The van der Waals surface area contributed by atoms with E-state index in [0.717, 1.165) is 24.8 Å². The number of piperidine rings is 1. The number of aliphatic carboxylic acids is 1. The Morgan fingerprint density at radius 3 is 2.50 bits per heavy atom. The Hall–Kier alpha value is -1.35. The van der Waals surface area contributed by atoms with Gasteiger partial charge in [-0.05, 0) is 74.8 Å². The molecular formula is C21H31NO2. The second kappa shape index (κ2) is 8.66. The van der Waals surface area contributed by atoms with Gasteiger partial charge in [0.15, 0.2) is 0 Å². The highest BCUT2D eigenvalue weighted by atomic mass is 16.4. The summed E-state index contributed by atoms with van der Waals surface area (Å²) in [6.45, 7) is 3.55. The average Bonchev–Trinajstić information content (AvgIpc) is 2.62. The van der Waals surface area contributed by atoms with Gasteiger partial charge in [-0.1, -0.05) is 30.3 Å². The van der Waals surface area contributed by atoms with Gasteiger partial charge in [0.1, 0.15) is 0 Å². The first-order chi connectivity index (χ1) is 11.7. The molecule has 24 heavy (non-hydrogen) atoms. The maximum atomic E-state index is 10.8. The van der Waals surface area contributed by atoms with Crippen LogP contribution in [-0.2, 0) is 4.79 Å². The maximum absolute atomic E-state index is 10.8. The zero-order chi connectivity index (χ0) is 16.8. The van der Waals surface area contributed by atoms with Gasteiger partial charge in [-0.15, -0.1) is 0 Å². The zero-order valence-corrected chi connectivity index (χ0v) is 14.7. The van der Waals surface area contributed by atoms with E-state index in [4.69, 9.17) is 5.11 Å². The van der Waals surface area contributed by atoms with Crippen LogP contribution in [0.15, 0.2) is 30.3 Å². The van der Waals surface area contributed by atoms with Gasteiger partial charge in [-0.2, -0.15) is 0 Å². The molecule has 3 heteroatoms. The number of carboxylic acids is 1. The van der Waals surface area contributed by atoms with Crippen molar-refractivity contribution in [3.05, 3.63) is 35.9 Å². The van der Waals surface area contributed by atoms with Crippen molar-refractivity contribution in [1.82, 2.24) is 4.90 Å². The Morgan fingerprint density at radius 2 is 1.79 bits per heavy atom. The molecule has 0 amide bonds. The number of rotatable bonds is 6. The molecule has 1 saturated heterocycles. The molecule has 1 N–H and O–H groups in total. The highest BCUT2D eigenvalue weighted by Crippen LogP contribution is 2.36. The van der Waals surface area contributed by atoms with E-state index in [1.165, 1.54) is 57.2 Å². The van der Waals surface area contributed by atoms with Crippen molar-refractivity contribution in [2.24, 2.45) is 11.8 Å². The van der Waals surface area contributed by atoms with Crippen LogP contribution in [-0.4, -0.2) is 35.6 Å². The van der Waals surface area contributed by atoms with Gasteiger partial charge >= 0.3 is 5.97 Å². The van der Waals surface area contributed by atoms with E-state index in [9.17, 15) is 4.79 Å². The summed E-state index contributed by atoms with van der Waals surface area (Å²) in [5, 5.41) is 8.88. The van der Waals surface area contributed by atoms with Crippen LogP contribution in [0.1, 0.15) is 62.8 Å². The van der Waals surface area contributed by atoms with E-state index in [1.807, 2.05) is 0 Å². The van der Waals surface area contributed by atoms with Crippen LogP contribution in [0.3, 0.4) is 0 Å². The first-order valence-corrected chi connectivity index (χ1v) is 9.70. The molecular weight excluding hydrogens is 298 g/mol. The molecule has 0 aromatic heterocycles. The Bertz CT molecular complexity index is 508. The van der Waals surface area contributed by atoms with Crippen LogP contribution in [0.4, 0.5) is 0 Å². The van der Waals surface area contributed by atoms with E-state index in [0.29, 0.717) is 12.3 Å². The number of carbonyl (C=O) groups is 1. The second-order valence-corrected chi connectivity index (χ2v) is 7.83. The van der Waals surface area contributed by atoms with E-state index in [2.05, 4.69) is 35.2 Å². The number of carboxylic acid groups (broad SMARTS) is 1. The van der Waals surface area contributed by atoms with Crippen molar-refractivity contribution in [2.75, 3.05) is 19.6 Å². The predicted molar refractivity (Wildman–Crippen MR) is 97.2 cm³/mol. The molecule has 1 unspecified atom stereocenters. The first-order valence-electron chi connectivity index (χ1n) is 9.70. The Balaban J connectivity index is 1.41. The van der Waals surface area contributed by atoms with Crippen LogP contribution in [0, 0.1) is 11.8 Å². The summed E-state index contributed by atoms with van der Waals surface area (Å²) in [5.74, 6) is 1.54. The normalized spacial score (nSPS) is 28.6. The first kappa shape index (κ1) is 17.5. The second-order valence-electron chi connectivity index (χ2n) is 7.83. The summed E-state index contributed by atoms with van der Waals surface area (Å²) in [6.07, 6.45) is 8.98. The van der Waals surface area contributed by atoms with Crippen molar-refractivity contribution in [1.29, 1.82) is 0 Å². The third-order valence-electron chi connectivity index (χ3n) is 6.00. The minimum Gasteiger partial charge on any atom is -0.481 e. The smallest absolute Gasteiger partial charge is 0.303 e. The monoisotopic (exact) mass is 329 g/mol. The van der Waals surface area contributed by atoms with Crippen molar-refractivity contribution >= 4 is 5.97 Å². The molecule has 132 valence electrons. The fraction of sp³-hybridized carbons (Fsp3) is 0.667. The van der Waals surface area contributed by atoms with Crippen LogP contribution in [0.5, 0.6) is 0 Å². The molecule has 1 aliphatic heterocycles. The molecule has 1 aliphatic carbocycles. The summed E-state index contributed by atoms with van der Waals surface area (Å²) < 4.78 is 0. The number of likely N-dealkylation sites (tertiary alicyclic amines) is 1. The maximum Gasteiger partial charge on any atom is 0.303 e. The molecule has 3 rings (SSSR count). The van der Waals surface area contributed by atoms with Gasteiger partial charge in [-0.3, -0.25) is 4.79 Å². The number of benzene rings is 1. The summed E-state index contributed by atoms with van der Waals surface area (Å²) in [5.41, 5.74) is 1.52. The van der Waals surface area contributed by atoms with Gasteiger partial charge in [0.05, 0.1) is 0 Å². The predicted octanol–water partition coefficient (Wildman–Crippen LogP) is 4.54. The summed E-state index contributed by atoms with van der Waals surface area (Å²) in [6, 6.07) is 11.0. The lowest BCUT2D eigenvalue weighted by atomic mass is 9.78. The van der Waals surface area contributed by atoms with Gasteiger partial charge in [-0.25, -0.2) is 0 Å². The van der Waals surface area contributed by atoms with Gasteiger partial charge in [0.25, 0.3) is 0 Å². The van der Waals surface area contributed by atoms with Crippen LogP contribution >= 0.6 is 0 Å². The fourth-order valence-electron chi connectivity index (χ4n) is 4.65. The lowest BCUT2D eigenvalue weighted by Gasteiger charge is -2.37.